The van der Waals surface area contributed by atoms with Gasteiger partial charge >= 0.3 is 5.97 Å². The SMILES string of the molecule is CC(C)(CCNC(=O)CCCOc1cccc(Br)c1)C(=O)O. The van der Waals surface area contributed by atoms with Gasteiger partial charge in [0.15, 0.2) is 0 Å². The number of carboxylic acids is 1. The van der Waals surface area contributed by atoms with Crippen molar-refractivity contribution in [2.75, 3.05) is 13.2 Å². The highest BCUT2D eigenvalue weighted by atomic mass is 79.9. The van der Waals surface area contributed by atoms with Crippen molar-refractivity contribution in [3.8, 4) is 5.75 Å². The van der Waals surface area contributed by atoms with E-state index in [-0.39, 0.29) is 5.91 Å². The van der Waals surface area contributed by atoms with E-state index in [1.165, 1.54) is 0 Å². The Labute approximate surface area is 139 Å². The minimum Gasteiger partial charge on any atom is -0.494 e. The van der Waals surface area contributed by atoms with Crippen molar-refractivity contribution in [2.45, 2.75) is 33.1 Å². The largest absolute Gasteiger partial charge is 0.494 e. The molecule has 0 aliphatic carbocycles. The molecule has 1 amide bonds. The second-order valence-electron chi connectivity index (χ2n) is 5.70. The fourth-order valence-electron chi connectivity index (χ4n) is 1.69. The van der Waals surface area contributed by atoms with Crippen molar-refractivity contribution in [2.24, 2.45) is 5.41 Å². The number of hydrogen-bond acceptors (Lipinski definition) is 3. The lowest BCUT2D eigenvalue weighted by Crippen LogP contribution is -2.31. The van der Waals surface area contributed by atoms with Gasteiger partial charge in [0.1, 0.15) is 5.75 Å². The maximum Gasteiger partial charge on any atom is 0.309 e. The second-order valence-corrected chi connectivity index (χ2v) is 6.61. The Hall–Kier alpha value is -1.56. The number of halogens is 1. The molecule has 0 atom stereocenters. The summed E-state index contributed by atoms with van der Waals surface area (Å²) in [7, 11) is 0. The average molecular weight is 372 g/mol. The summed E-state index contributed by atoms with van der Waals surface area (Å²) in [6.45, 7) is 4.12. The maximum atomic E-state index is 11.6. The van der Waals surface area contributed by atoms with Gasteiger partial charge in [-0.25, -0.2) is 0 Å². The van der Waals surface area contributed by atoms with E-state index in [0.29, 0.717) is 32.4 Å². The first-order valence-electron chi connectivity index (χ1n) is 7.20. The monoisotopic (exact) mass is 371 g/mol. The van der Waals surface area contributed by atoms with E-state index in [2.05, 4.69) is 21.2 Å². The van der Waals surface area contributed by atoms with Crippen LogP contribution in [0, 0.1) is 5.41 Å². The van der Waals surface area contributed by atoms with Crippen molar-refractivity contribution >= 4 is 27.8 Å². The summed E-state index contributed by atoms with van der Waals surface area (Å²) in [5, 5.41) is 11.7. The van der Waals surface area contributed by atoms with Gasteiger partial charge in [0.2, 0.25) is 5.91 Å². The summed E-state index contributed by atoms with van der Waals surface area (Å²) in [4.78, 5) is 22.6. The number of carbonyl (C=O) groups excluding carboxylic acids is 1. The van der Waals surface area contributed by atoms with Gasteiger partial charge in [0.25, 0.3) is 0 Å². The molecular formula is C16H22BrNO4. The Morgan fingerprint density at radius 3 is 2.73 bits per heavy atom. The Balaban J connectivity index is 2.15. The Morgan fingerprint density at radius 2 is 2.09 bits per heavy atom. The van der Waals surface area contributed by atoms with Crippen LogP contribution in [0.2, 0.25) is 0 Å². The van der Waals surface area contributed by atoms with Crippen LogP contribution in [0.25, 0.3) is 0 Å². The van der Waals surface area contributed by atoms with Gasteiger partial charge in [-0.3, -0.25) is 9.59 Å². The lowest BCUT2D eigenvalue weighted by Gasteiger charge is -2.18. The molecule has 0 fully saturated rings. The van der Waals surface area contributed by atoms with Crippen molar-refractivity contribution in [1.82, 2.24) is 5.32 Å². The molecule has 0 aromatic heterocycles. The molecule has 122 valence electrons. The molecule has 0 saturated carbocycles. The van der Waals surface area contributed by atoms with Gasteiger partial charge in [-0.15, -0.1) is 0 Å². The molecule has 2 N–H and O–H groups in total. The number of aliphatic carboxylic acids is 1. The molecule has 0 spiro atoms. The third kappa shape index (κ3) is 6.93. The van der Waals surface area contributed by atoms with Crippen LogP contribution in [0.15, 0.2) is 28.7 Å². The second kappa shape index (κ2) is 8.78. The van der Waals surface area contributed by atoms with E-state index >= 15 is 0 Å². The number of carboxylic acid groups (broad SMARTS) is 1. The standard InChI is InChI=1S/C16H22BrNO4/c1-16(2,15(20)21)8-9-18-14(19)7-4-10-22-13-6-3-5-12(17)11-13/h3,5-6,11H,4,7-10H2,1-2H3,(H,18,19)(H,20,21). The topological polar surface area (TPSA) is 75.6 Å². The molecule has 0 unspecified atom stereocenters. The first-order chi connectivity index (χ1) is 10.3. The zero-order valence-corrected chi connectivity index (χ0v) is 14.5. The van der Waals surface area contributed by atoms with Gasteiger partial charge in [-0.1, -0.05) is 22.0 Å². The van der Waals surface area contributed by atoms with E-state index in [4.69, 9.17) is 9.84 Å². The Kier molecular flexibility index (Phi) is 7.38. The summed E-state index contributed by atoms with van der Waals surface area (Å²) in [5.74, 6) is -0.179. The van der Waals surface area contributed by atoms with E-state index in [1.54, 1.807) is 13.8 Å². The smallest absolute Gasteiger partial charge is 0.309 e. The third-order valence-corrected chi connectivity index (χ3v) is 3.76. The summed E-state index contributed by atoms with van der Waals surface area (Å²) >= 11 is 3.36. The van der Waals surface area contributed by atoms with E-state index in [1.807, 2.05) is 24.3 Å². The minimum absolute atomic E-state index is 0.0842. The van der Waals surface area contributed by atoms with E-state index in [9.17, 15) is 9.59 Å². The highest BCUT2D eigenvalue weighted by Gasteiger charge is 2.26. The van der Waals surface area contributed by atoms with Crippen molar-refractivity contribution in [3.05, 3.63) is 28.7 Å². The number of rotatable bonds is 9. The summed E-state index contributed by atoms with van der Waals surface area (Å²) in [6.07, 6.45) is 1.38. The van der Waals surface area contributed by atoms with Crippen LogP contribution in [-0.2, 0) is 9.59 Å². The molecule has 0 heterocycles. The normalized spacial score (nSPS) is 11.0. The van der Waals surface area contributed by atoms with Gasteiger partial charge in [0.05, 0.1) is 12.0 Å². The molecule has 0 aliphatic heterocycles. The van der Waals surface area contributed by atoms with Crippen LogP contribution in [0.3, 0.4) is 0 Å². The zero-order chi connectivity index (χ0) is 16.6. The predicted octanol–water partition coefficient (Wildman–Crippen LogP) is 3.23. The fourth-order valence-corrected chi connectivity index (χ4v) is 2.07. The molecule has 0 saturated heterocycles. The Bertz CT molecular complexity index is 517. The number of benzene rings is 1. The molecule has 5 nitrogen and oxygen atoms in total. The summed E-state index contributed by atoms with van der Waals surface area (Å²) in [6, 6.07) is 7.53. The number of ether oxygens (including phenoxy) is 1. The van der Waals surface area contributed by atoms with Crippen molar-refractivity contribution in [3.63, 3.8) is 0 Å². The number of nitrogens with one attached hydrogen (secondary N) is 1. The van der Waals surface area contributed by atoms with Crippen LogP contribution in [0.5, 0.6) is 5.75 Å². The van der Waals surface area contributed by atoms with Crippen LogP contribution in [0.4, 0.5) is 0 Å². The fraction of sp³-hybridized carbons (Fsp3) is 0.500. The predicted molar refractivity (Wildman–Crippen MR) is 87.9 cm³/mol. The Morgan fingerprint density at radius 1 is 1.36 bits per heavy atom. The van der Waals surface area contributed by atoms with Crippen LogP contribution >= 0.6 is 15.9 Å². The molecule has 1 aromatic rings. The highest BCUT2D eigenvalue weighted by Crippen LogP contribution is 2.19. The van der Waals surface area contributed by atoms with Crippen LogP contribution < -0.4 is 10.1 Å². The first-order valence-corrected chi connectivity index (χ1v) is 7.99. The number of carbonyl (C=O) groups is 2. The van der Waals surface area contributed by atoms with Gasteiger partial charge < -0.3 is 15.2 Å². The third-order valence-electron chi connectivity index (χ3n) is 3.26. The first kappa shape index (κ1) is 18.5. The van der Waals surface area contributed by atoms with E-state index in [0.717, 1.165) is 10.2 Å². The zero-order valence-electron chi connectivity index (χ0n) is 12.9. The quantitative estimate of drug-likeness (QED) is 0.653. The van der Waals surface area contributed by atoms with E-state index < -0.39 is 11.4 Å². The molecule has 0 radical (unpaired) electrons. The molecular weight excluding hydrogens is 350 g/mol. The van der Waals surface area contributed by atoms with Gasteiger partial charge in [0, 0.05) is 17.4 Å². The molecule has 0 bridgehead atoms. The lowest BCUT2D eigenvalue weighted by atomic mass is 9.90. The average Bonchev–Trinajstić information content (AvgIpc) is 2.43. The minimum atomic E-state index is -0.857. The molecule has 22 heavy (non-hydrogen) atoms. The maximum absolute atomic E-state index is 11.6. The van der Waals surface area contributed by atoms with Crippen molar-refractivity contribution < 1.29 is 19.4 Å². The van der Waals surface area contributed by atoms with Gasteiger partial charge in [-0.2, -0.15) is 0 Å². The number of hydrogen-bond donors (Lipinski definition) is 2. The molecule has 1 aromatic carbocycles. The summed E-state index contributed by atoms with van der Waals surface area (Å²) < 4.78 is 6.49. The van der Waals surface area contributed by atoms with Gasteiger partial charge in [-0.05, 0) is 44.9 Å². The van der Waals surface area contributed by atoms with Crippen molar-refractivity contribution in [1.29, 1.82) is 0 Å². The molecule has 0 aliphatic rings. The lowest BCUT2D eigenvalue weighted by molar-refractivity contribution is -0.147. The summed E-state index contributed by atoms with van der Waals surface area (Å²) in [5.41, 5.74) is -0.822. The molecule has 6 heteroatoms. The highest BCUT2D eigenvalue weighted by molar-refractivity contribution is 9.10. The van der Waals surface area contributed by atoms with Crippen LogP contribution in [-0.4, -0.2) is 30.1 Å². The molecule has 1 rings (SSSR count). The number of amides is 1. The van der Waals surface area contributed by atoms with Crippen LogP contribution in [0.1, 0.15) is 33.1 Å².